The van der Waals surface area contributed by atoms with E-state index in [0.29, 0.717) is 16.2 Å². The van der Waals surface area contributed by atoms with E-state index < -0.39 is 77.3 Å². The monoisotopic (exact) mass is 690 g/mol. The number of imide groups is 2. The number of nitrogens with zero attached hydrogens (tertiary/aromatic N) is 2. The van der Waals surface area contributed by atoms with Crippen LogP contribution < -0.4 is 15.3 Å². The van der Waals surface area contributed by atoms with Crippen LogP contribution in [0.15, 0.2) is 109 Å². The van der Waals surface area contributed by atoms with Crippen molar-refractivity contribution in [1.82, 2.24) is 0 Å². The summed E-state index contributed by atoms with van der Waals surface area (Å²) in [6.45, 7) is 0. The van der Waals surface area contributed by atoms with Gasteiger partial charge >= 0.3 is 7.12 Å². The van der Waals surface area contributed by atoms with Crippen molar-refractivity contribution in [3.63, 3.8) is 0 Å². The van der Waals surface area contributed by atoms with Gasteiger partial charge in [-0.05, 0) is 66.2 Å². The van der Waals surface area contributed by atoms with Crippen LogP contribution in [0.5, 0.6) is 5.75 Å². The molecule has 3 fully saturated rings. The van der Waals surface area contributed by atoms with Crippen molar-refractivity contribution in [3.8, 4) is 5.75 Å². The summed E-state index contributed by atoms with van der Waals surface area (Å²) in [5.41, 5.74) is -0.0202. The van der Waals surface area contributed by atoms with Crippen molar-refractivity contribution in [2.75, 3.05) is 9.80 Å². The van der Waals surface area contributed by atoms with E-state index in [-0.39, 0.29) is 35.2 Å². The van der Waals surface area contributed by atoms with Gasteiger partial charge in [-0.2, -0.15) is 0 Å². The molecule has 0 unspecified atom stereocenters. The number of hydrogen-bond donors (Lipinski definition) is 3. The first-order chi connectivity index (χ1) is 24.0. The van der Waals surface area contributed by atoms with Crippen molar-refractivity contribution in [2.45, 2.75) is 24.2 Å². The van der Waals surface area contributed by atoms with E-state index in [1.54, 1.807) is 48.5 Å². The molecule has 2 saturated heterocycles. The topological polar surface area (TPSA) is 135 Å². The minimum Gasteiger partial charge on any atom is -0.505 e. The molecule has 3 N–H and O–H groups in total. The largest absolute Gasteiger partial charge is 0.505 e. The third-order valence-electron chi connectivity index (χ3n) is 10.9. The molecule has 50 heavy (non-hydrogen) atoms. The van der Waals surface area contributed by atoms with Crippen molar-refractivity contribution >= 4 is 59.2 Å². The second kappa shape index (κ2) is 11.8. The highest BCUT2D eigenvalue weighted by Crippen LogP contribution is 2.65. The zero-order valence-electron chi connectivity index (χ0n) is 26.3. The van der Waals surface area contributed by atoms with E-state index >= 15 is 9.18 Å². The van der Waals surface area contributed by atoms with E-state index in [0.717, 1.165) is 15.9 Å². The van der Waals surface area contributed by atoms with Crippen LogP contribution in [-0.4, -0.2) is 45.9 Å². The molecule has 250 valence electrons. The Hall–Kier alpha value is -5.10. The van der Waals surface area contributed by atoms with Crippen LogP contribution in [0.1, 0.15) is 29.9 Å². The number of hydrogen-bond acceptors (Lipinski definition) is 7. The van der Waals surface area contributed by atoms with Crippen LogP contribution in [0.3, 0.4) is 0 Å². The maximum absolute atomic E-state index is 15.3. The molecule has 12 heteroatoms. The number of halogens is 2. The third-order valence-corrected chi connectivity index (χ3v) is 11.2. The molecule has 4 amide bonds. The summed E-state index contributed by atoms with van der Waals surface area (Å²) in [5.74, 6) is -8.39. The molecule has 2 aliphatic carbocycles. The first kappa shape index (κ1) is 32.1. The van der Waals surface area contributed by atoms with E-state index in [9.17, 15) is 29.5 Å². The van der Waals surface area contributed by atoms with Gasteiger partial charge in [0.2, 0.25) is 23.6 Å². The number of aromatic hydroxyl groups is 1. The second-order valence-corrected chi connectivity index (χ2v) is 13.7. The first-order valence-electron chi connectivity index (χ1n) is 16.3. The minimum absolute atomic E-state index is 0.0123. The summed E-state index contributed by atoms with van der Waals surface area (Å²) in [4.78, 5) is 60.5. The lowest BCUT2D eigenvalue weighted by Crippen LogP contribution is -2.53. The van der Waals surface area contributed by atoms with Gasteiger partial charge in [0.05, 0.1) is 34.5 Å². The van der Waals surface area contributed by atoms with Crippen molar-refractivity contribution in [2.24, 2.45) is 23.7 Å². The number of para-hydroxylation sites is 1. The SMILES string of the molecule is O=C1[C@H]2[C@H](CC=C3[C@H]2C[C@H]2C(=O)N(c4cccc(Cl)c4)C(=O)[C@@]2(c2ccccc2)[C@H]3c2cccc(F)c2O)C(=O)N1c1cccc(B(O)O)c1. The molecule has 2 heterocycles. The Morgan fingerprint density at radius 1 is 0.780 bits per heavy atom. The molecule has 6 atom stereocenters. The number of rotatable bonds is 5. The van der Waals surface area contributed by atoms with E-state index in [1.165, 1.54) is 42.5 Å². The molecule has 0 aromatic heterocycles. The number of anilines is 2. The summed E-state index contributed by atoms with van der Waals surface area (Å²) in [6.07, 6.45) is 1.94. The van der Waals surface area contributed by atoms with Crippen molar-refractivity contribution in [1.29, 1.82) is 0 Å². The molecule has 0 radical (unpaired) electrons. The predicted octanol–water partition coefficient (Wildman–Crippen LogP) is 4.23. The molecular formula is C38H29BClFN2O7. The van der Waals surface area contributed by atoms with E-state index in [1.807, 2.05) is 6.08 Å². The first-order valence-corrected chi connectivity index (χ1v) is 16.6. The Balaban J connectivity index is 1.35. The van der Waals surface area contributed by atoms with Gasteiger partial charge in [0, 0.05) is 16.5 Å². The van der Waals surface area contributed by atoms with Gasteiger partial charge in [0.15, 0.2) is 11.6 Å². The van der Waals surface area contributed by atoms with Crippen molar-refractivity contribution in [3.05, 3.63) is 131 Å². The molecule has 0 bridgehead atoms. The standard InChI is InChI=1S/C38H29BClFN2O7/c40-22-10-5-12-24(18-22)43-35(46)29-19-28-25(15-16-26-31(28)36(47)42(34(26)45)23-11-4-9-21(17-23)39(49)50)32(27-13-6-14-30(41)33(27)44)38(29,37(43)48)20-7-2-1-3-8-20/h1-15,17-18,26,28-29,31-32,44,49-50H,16,19H2/t26-,28+,29-,31-,32+,38+/m0/s1. The number of phenolic OH excluding ortho intramolecular Hbond substituents is 1. The highest BCUT2D eigenvalue weighted by Gasteiger charge is 2.70. The van der Waals surface area contributed by atoms with Gasteiger partial charge in [0.25, 0.3) is 0 Å². The maximum atomic E-state index is 15.3. The summed E-state index contributed by atoms with van der Waals surface area (Å²) in [7, 11) is -1.82. The average Bonchev–Trinajstić information content (AvgIpc) is 3.50. The molecule has 1 saturated carbocycles. The molecule has 2 aliphatic heterocycles. The van der Waals surface area contributed by atoms with E-state index in [4.69, 9.17) is 11.6 Å². The number of benzene rings is 4. The fourth-order valence-corrected chi connectivity index (χ4v) is 9.12. The summed E-state index contributed by atoms with van der Waals surface area (Å²) in [6, 6.07) is 25.0. The highest BCUT2D eigenvalue weighted by atomic mass is 35.5. The fraction of sp³-hybridized carbons (Fsp3) is 0.211. The van der Waals surface area contributed by atoms with Crippen LogP contribution in [0, 0.1) is 29.5 Å². The van der Waals surface area contributed by atoms with Crippen molar-refractivity contribution < 1.29 is 38.7 Å². The molecular weight excluding hydrogens is 662 g/mol. The van der Waals surface area contributed by atoms with Gasteiger partial charge in [0.1, 0.15) is 0 Å². The molecule has 4 aromatic carbocycles. The normalized spacial score (nSPS) is 27.2. The maximum Gasteiger partial charge on any atom is 0.488 e. The van der Waals surface area contributed by atoms with Gasteiger partial charge in [-0.3, -0.25) is 24.1 Å². The van der Waals surface area contributed by atoms with Crippen LogP contribution in [0.4, 0.5) is 15.8 Å². The number of carbonyl (C=O) groups excluding carboxylic acids is 4. The quantitative estimate of drug-likeness (QED) is 0.162. The molecule has 4 aliphatic rings. The zero-order valence-corrected chi connectivity index (χ0v) is 27.1. The van der Waals surface area contributed by atoms with Gasteiger partial charge in [-0.1, -0.05) is 83.9 Å². The summed E-state index contributed by atoms with van der Waals surface area (Å²) < 4.78 is 15.3. The average molecular weight is 691 g/mol. The molecule has 8 rings (SSSR count). The Bertz CT molecular complexity index is 2140. The minimum atomic E-state index is -1.82. The lowest BCUT2D eigenvalue weighted by Gasteiger charge is -2.50. The Morgan fingerprint density at radius 2 is 1.48 bits per heavy atom. The fourth-order valence-electron chi connectivity index (χ4n) is 8.93. The van der Waals surface area contributed by atoms with Gasteiger partial charge in [-0.25, -0.2) is 9.29 Å². The predicted molar refractivity (Wildman–Crippen MR) is 183 cm³/mol. The third kappa shape index (κ3) is 4.46. The van der Waals surface area contributed by atoms with Crippen LogP contribution in [-0.2, 0) is 24.6 Å². The lowest BCUT2D eigenvalue weighted by molar-refractivity contribution is -0.127. The zero-order chi connectivity index (χ0) is 35.1. The Labute approximate surface area is 291 Å². The highest BCUT2D eigenvalue weighted by molar-refractivity contribution is 6.58. The number of phenols is 1. The van der Waals surface area contributed by atoms with Crippen LogP contribution in [0.25, 0.3) is 0 Å². The van der Waals surface area contributed by atoms with E-state index in [2.05, 4.69) is 0 Å². The Morgan fingerprint density at radius 3 is 2.20 bits per heavy atom. The van der Waals surface area contributed by atoms with Crippen LogP contribution in [0.2, 0.25) is 5.02 Å². The number of fused-ring (bicyclic) bond motifs is 4. The molecule has 4 aromatic rings. The second-order valence-electron chi connectivity index (χ2n) is 13.3. The van der Waals surface area contributed by atoms with Gasteiger partial charge in [-0.15, -0.1) is 0 Å². The van der Waals surface area contributed by atoms with Gasteiger partial charge < -0.3 is 15.2 Å². The summed E-state index contributed by atoms with van der Waals surface area (Å²) in [5, 5.41) is 31.2. The number of carbonyl (C=O) groups is 4. The molecule has 0 spiro atoms. The van der Waals surface area contributed by atoms with Crippen LogP contribution >= 0.6 is 11.6 Å². The molecule has 9 nitrogen and oxygen atoms in total. The Kier molecular flexibility index (Phi) is 7.56. The summed E-state index contributed by atoms with van der Waals surface area (Å²) >= 11 is 6.33. The smallest absolute Gasteiger partial charge is 0.488 e. The number of amides is 4. The number of allylic oxidation sites excluding steroid dienone is 2. The lowest BCUT2D eigenvalue weighted by atomic mass is 9.49.